The van der Waals surface area contributed by atoms with Crippen molar-refractivity contribution in [3.8, 4) is 0 Å². The van der Waals surface area contributed by atoms with Crippen LogP contribution in [0.3, 0.4) is 0 Å². The molecule has 2 aromatic rings. The summed E-state index contributed by atoms with van der Waals surface area (Å²) in [6.07, 6.45) is 3.04. The average Bonchev–Trinajstić information content (AvgIpc) is 2.32. The van der Waals surface area contributed by atoms with Crippen molar-refractivity contribution in [3.05, 3.63) is 58.4 Å². The van der Waals surface area contributed by atoms with Crippen LogP contribution in [0.5, 0.6) is 0 Å². The standard InChI is InChI=1S/C12H8ClFN2O/c1-7-5-15-12(16-6-7)11(17)9-4-8(14)2-3-10(9)13/h2-6H,1H3. The van der Waals surface area contributed by atoms with E-state index < -0.39 is 11.6 Å². The molecule has 86 valence electrons. The Morgan fingerprint density at radius 1 is 1.29 bits per heavy atom. The molecule has 17 heavy (non-hydrogen) atoms. The molecule has 0 saturated carbocycles. The number of rotatable bonds is 2. The van der Waals surface area contributed by atoms with Crippen LogP contribution < -0.4 is 0 Å². The lowest BCUT2D eigenvalue weighted by molar-refractivity contribution is 0.102. The van der Waals surface area contributed by atoms with Crippen molar-refractivity contribution in [1.82, 2.24) is 9.97 Å². The van der Waals surface area contributed by atoms with Crippen molar-refractivity contribution in [1.29, 1.82) is 0 Å². The summed E-state index contributed by atoms with van der Waals surface area (Å²) in [5, 5.41) is 0.181. The maximum atomic E-state index is 13.0. The minimum atomic E-state index is -0.523. The maximum absolute atomic E-state index is 13.0. The van der Waals surface area contributed by atoms with Crippen LogP contribution in [0.2, 0.25) is 5.02 Å². The lowest BCUT2D eigenvalue weighted by Gasteiger charge is -2.02. The number of ketones is 1. The molecule has 1 aromatic heterocycles. The number of nitrogens with zero attached hydrogens (tertiary/aromatic N) is 2. The highest BCUT2D eigenvalue weighted by atomic mass is 35.5. The second-order valence-electron chi connectivity index (χ2n) is 3.54. The molecule has 0 unspecified atom stereocenters. The zero-order chi connectivity index (χ0) is 12.4. The van der Waals surface area contributed by atoms with Gasteiger partial charge in [-0.25, -0.2) is 14.4 Å². The summed E-state index contributed by atoms with van der Waals surface area (Å²) in [6, 6.07) is 3.60. The molecule has 0 amide bonds. The molecular weight excluding hydrogens is 243 g/mol. The summed E-state index contributed by atoms with van der Waals surface area (Å²) in [5.41, 5.74) is 0.905. The fourth-order valence-corrected chi connectivity index (χ4v) is 1.51. The minimum absolute atomic E-state index is 0.00287. The van der Waals surface area contributed by atoms with Crippen LogP contribution in [-0.4, -0.2) is 15.8 Å². The van der Waals surface area contributed by atoms with E-state index in [1.807, 2.05) is 6.92 Å². The molecule has 0 aliphatic carbocycles. The summed E-state index contributed by atoms with van der Waals surface area (Å²) in [7, 11) is 0. The first kappa shape index (κ1) is 11.7. The number of aromatic nitrogens is 2. The van der Waals surface area contributed by atoms with Crippen LogP contribution in [0.1, 0.15) is 21.7 Å². The van der Waals surface area contributed by atoms with Crippen molar-refractivity contribution in [2.75, 3.05) is 0 Å². The van der Waals surface area contributed by atoms with Crippen molar-refractivity contribution in [2.45, 2.75) is 6.92 Å². The maximum Gasteiger partial charge on any atom is 0.231 e. The van der Waals surface area contributed by atoms with Crippen molar-refractivity contribution in [3.63, 3.8) is 0 Å². The van der Waals surface area contributed by atoms with Crippen LogP contribution in [0.25, 0.3) is 0 Å². The lowest BCUT2D eigenvalue weighted by Crippen LogP contribution is -2.08. The Morgan fingerprint density at radius 3 is 2.59 bits per heavy atom. The van der Waals surface area contributed by atoms with E-state index in [-0.39, 0.29) is 16.4 Å². The second kappa shape index (κ2) is 4.59. The molecule has 5 heteroatoms. The van der Waals surface area contributed by atoms with Gasteiger partial charge < -0.3 is 0 Å². The van der Waals surface area contributed by atoms with E-state index in [2.05, 4.69) is 9.97 Å². The summed E-state index contributed by atoms with van der Waals surface area (Å²) in [5.74, 6) is -1.01. The molecule has 0 fully saturated rings. The number of aryl methyl sites for hydroxylation is 1. The molecule has 0 atom stereocenters. The van der Waals surface area contributed by atoms with E-state index in [1.54, 1.807) is 0 Å². The van der Waals surface area contributed by atoms with Crippen LogP contribution in [0, 0.1) is 12.7 Å². The molecular formula is C12H8ClFN2O. The highest BCUT2D eigenvalue weighted by Gasteiger charge is 2.16. The topological polar surface area (TPSA) is 42.9 Å². The van der Waals surface area contributed by atoms with Gasteiger partial charge in [-0.15, -0.1) is 0 Å². The zero-order valence-electron chi connectivity index (χ0n) is 8.95. The molecule has 0 saturated heterocycles. The Morgan fingerprint density at radius 2 is 1.94 bits per heavy atom. The van der Waals surface area contributed by atoms with Gasteiger partial charge in [0.2, 0.25) is 11.6 Å². The first-order valence-electron chi connectivity index (χ1n) is 4.86. The van der Waals surface area contributed by atoms with E-state index in [0.29, 0.717) is 0 Å². The van der Waals surface area contributed by atoms with Gasteiger partial charge in [-0.1, -0.05) is 11.6 Å². The Bertz CT molecular complexity index is 569. The molecule has 0 radical (unpaired) electrons. The van der Waals surface area contributed by atoms with Crippen molar-refractivity contribution >= 4 is 17.4 Å². The molecule has 0 N–H and O–H groups in total. The molecule has 3 nitrogen and oxygen atoms in total. The number of carbonyl (C=O) groups is 1. The molecule has 1 aromatic carbocycles. The molecule has 0 aliphatic rings. The van der Waals surface area contributed by atoms with Crippen LogP contribution in [0.4, 0.5) is 4.39 Å². The van der Waals surface area contributed by atoms with Crippen LogP contribution in [0.15, 0.2) is 30.6 Å². The van der Waals surface area contributed by atoms with E-state index in [1.165, 1.54) is 24.5 Å². The predicted molar refractivity (Wildman–Crippen MR) is 61.6 cm³/mol. The van der Waals surface area contributed by atoms with Gasteiger partial charge in [0.25, 0.3) is 0 Å². The Kier molecular flexibility index (Phi) is 3.15. The quantitative estimate of drug-likeness (QED) is 0.770. The van der Waals surface area contributed by atoms with Crippen molar-refractivity contribution in [2.24, 2.45) is 0 Å². The predicted octanol–water partition coefficient (Wildman–Crippen LogP) is 2.81. The number of carbonyl (C=O) groups excluding carboxylic acids is 1. The Hall–Kier alpha value is -1.81. The second-order valence-corrected chi connectivity index (χ2v) is 3.94. The Balaban J connectivity index is 2.43. The van der Waals surface area contributed by atoms with Crippen LogP contribution >= 0.6 is 11.6 Å². The van der Waals surface area contributed by atoms with E-state index in [0.717, 1.165) is 11.6 Å². The van der Waals surface area contributed by atoms with Gasteiger partial charge >= 0.3 is 0 Å². The molecule has 0 bridgehead atoms. The number of halogens is 2. The number of hydrogen-bond donors (Lipinski definition) is 0. The van der Waals surface area contributed by atoms with Crippen molar-refractivity contribution < 1.29 is 9.18 Å². The summed E-state index contributed by atoms with van der Waals surface area (Å²) in [6.45, 7) is 1.81. The Labute approximate surface area is 102 Å². The highest BCUT2D eigenvalue weighted by Crippen LogP contribution is 2.19. The number of benzene rings is 1. The van der Waals surface area contributed by atoms with Gasteiger partial charge in [-0.3, -0.25) is 4.79 Å². The fraction of sp³-hybridized carbons (Fsp3) is 0.0833. The van der Waals surface area contributed by atoms with E-state index in [9.17, 15) is 9.18 Å². The first-order valence-corrected chi connectivity index (χ1v) is 5.24. The zero-order valence-corrected chi connectivity index (χ0v) is 9.70. The van der Waals surface area contributed by atoms with Gasteiger partial charge in [-0.2, -0.15) is 0 Å². The summed E-state index contributed by atoms with van der Waals surface area (Å²) >= 11 is 5.83. The molecule has 0 aliphatic heterocycles. The largest absolute Gasteiger partial charge is 0.285 e. The molecule has 2 rings (SSSR count). The molecule has 1 heterocycles. The highest BCUT2D eigenvalue weighted by molar-refractivity contribution is 6.34. The number of hydrogen-bond acceptors (Lipinski definition) is 3. The van der Waals surface area contributed by atoms with Gasteiger partial charge in [0.15, 0.2) is 0 Å². The lowest BCUT2D eigenvalue weighted by atomic mass is 10.1. The minimum Gasteiger partial charge on any atom is -0.285 e. The van der Waals surface area contributed by atoms with E-state index >= 15 is 0 Å². The van der Waals surface area contributed by atoms with Gasteiger partial charge in [0, 0.05) is 18.0 Å². The van der Waals surface area contributed by atoms with Gasteiger partial charge in [0.05, 0.1) is 5.02 Å². The van der Waals surface area contributed by atoms with Crippen LogP contribution in [-0.2, 0) is 0 Å². The molecule has 0 spiro atoms. The fourth-order valence-electron chi connectivity index (χ4n) is 1.30. The smallest absolute Gasteiger partial charge is 0.231 e. The summed E-state index contributed by atoms with van der Waals surface area (Å²) in [4.78, 5) is 19.7. The normalized spacial score (nSPS) is 10.3. The average molecular weight is 251 g/mol. The van der Waals surface area contributed by atoms with Gasteiger partial charge in [-0.05, 0) is 30.7 Å². The monoisotopic (exact) mass is 250 g/mol. The third-order valence-electron chi connectivity index (χ3n) is 2.16. The van der Waals surface area contributed by atoms with E-state index in [4.69, 9.17) is 11.6 Å². The third kappa shape index (κ3) is 2.47. The van der Waals surface area contributed by atoms with Gasteiger partial charge in [0.1, 0.15) is 5.82 Å². The third-order valence-corrected chi connectivity index (χ3v) is 2.49. The first-order chi connectivity index (χ1) is 8.08. The summed E-state index contributed by atoms with van der Waals surface area (Å²) < 4.78 is 13.0. The SMILES string of the molecule is Cc1cnc(C(=O)c2cc(F)ccc2Cl)nc1.